The highest BCUT2D eigenvalue weighted by Gasteiger charge is 2.69. The van der Waals surface area contributed by atoms with Gasteiger partial charge in [0.1, 0.15) is 12.2 Å². The number of hydrogen-bond acceptors (Lipinski definition) is 7. The zero-order chi connectivity index (χ0) is 13.7. The third kappa shape index (κ3) is 2.11. The Morgan fingerprint density at radius 1 is 1.26 bits per heavy atom. The lowest BCUT2D eigenvalue weighted by molar-refractivity contribution is -0.256. The van der Waals surface area contributed by atoms with E-state index in [-0.39, 0.29) is 12.2 Å². The third-order valence-electron chi connectivity index (χ3n) is 4.07. The lowest BCUT2D eigenvalue weighted by atomic mass is 10.1. The number of nitrogens with one attached hydrogen (secondary N) is 1. The molecule has 1 aliphatic heterocycles. The van der Waals surface area contributed by atoms with Crippen LogP contribution in [0.4, 0.5) is 0 Å². The Labute approximate surface area is 110 Å². The van der Waals surface area contributed by atoms with Gasteiger partial charge in [0, 0.05) is 18.8 Å². The normalized spacial score (nSPS) is 43.5. The number of rotatable bonds is 3. The Morgan fingerprint density at radius 3 is 2.37 bits per heavy atom. The lowest BCUT2D eigenvalue weighted by Crippen LogP contribution is -2.29. The highest BCUT2D eigenvalue weighted by molar-refractivity contribution is 5.62. The van der Waals surface area contributed by atoms with Gasteiger partial charge in [0.05, 0.1) is 11.2 Å². The summed E-state index contributed by atoms with van der Waals surface area (Å²) in [6, 6.07) is 0. The molecule has 0 aromatic rings. The summed E-state index contributed by atoms with van der Waals surface area (Å²) in [6.45, 7) is 2.18. The molecular formula is C12H16N2O5-2. The Bertz CT molecular complexity index is 440. The first-order valence-corrected chi connectivity index (χ1v) is 6.50. The fourth-order valence-corrected chi connectivity index (χ4v) is 2.90. The van der Waals surface area contributed by atoms with Crippen molar-refractivity contribution in [2.45, 2.75) is 56.0 Å². The molecule has 19 heavy (non-hydrogen) atoms. The SMILES string of the molecule is CCN=C([O-])OC1CC12CCC1(CC1OC(=N)[O-])O2. The summed E-state index contributed by atoms with van der Waals surface area (Å²) >= 11 is 0. The maximum Gasteiger partial charge on any atom is 0.145 e. The highest BCUT2D eigenvalue weighted by atomic mass is 16.7. The zero-order valence-electron chi connectivity index (χ0n) is 10.7. The molecule has 1 heterocycles. The van der Waals surface area contributed by atoms with Crippen LogP contribution in [0, 0.1) is 5.41 Å². The molecule has 0 bridgehead atoms. The molecule has 0 aromatic heterocycles. The van der Waals surface area contributed by atoms with Crippen LogP contribution in [0.2, 0.25) is 0 Å². The van der Waals surface area contributed by atoms with Crippen LogP contribution in [-0.4, -0.2) is 42.1 Å². The largest absolute Gasteiger partial charge is 0.594 e. The second-order valence-corrected chi connectivity index (χ2v) is 5.38. The van der Waals surface area contributed by atoms with Gasteiger partial charge in [-0.1, -0.05) is 0 Å². The van der Waals surface area contributed by atoms with Crippen LogP contribution in [0.15, 0.2) is 4.99 Å². The van der Waals surface area contributed by atoms with Gasteiger partial charge in [-0.3, -0.25) is 10.4 Å². The molecule has 2 saturated carbocycles. The number of aliphatic imine (C=N–C) groups is 1. The van der Waals surface area contributed by atoms with E-state index in [0.717, 1.165) is 12.8 Å². The van der Waals surface area contributed by atoms with E-state index in [1.807, 2.05) is 0 Å². The molecule has 2 aliphatic carbocycles. The van der Waals surface area contributed by atoms with Crippen molar-refractivity contribution in [1.29, 1.82) is 5.41 Å². The predicted octanol–water partition coefficient (Wildman–Crippen LogP) is -1.12. The molecule has 2 spiro atoms. The maximum absolute atomic E-state index is 11.3. The monoisotopic (exact) mass is 268 g/mol. The van der Waals surface area contributed by atoms with Crippen LogP contribution in [0.5, 0.6) is 0 Å². The summed E-state index contributed by atoms with van der Waals surface area (Å²) in [5, 5.41) is 28.7. The molecule has 0 radical (unpaired) electrons. The van der Waals surface area contributed by atoms with Crippen molar-refractivity contribution in [1.82, 2.24) is 0 Å². The van der Waals surface area contributed by atoms with Crippen molar-refractivity contribution >= 4 is 12.2 Å². The van der Waals surface area contributed by atoms with Crippen LogP contribution in [-0.2, 0) is 14.2 Å². The molecule has 3 rings (SSSR count). The van der Waals surface area contributed by atoms with Crippen molar-refractivity contribution < 1.29 is 24.4 Å². The van der Waals surface area contributed by atoms with Gasteiger partial charge in [0.15, 0.2) is 0 Å². The number of hydrogen-bond donors (Lipinski definition) is 1. The summed E-state index contributed by atoms with van der Waals surface area (Å²) in [5.41, 5.74) is -0.831. The Kier molecular flexibility index (Phi) is 2.63. The smallest absolute Gasteiger partial charge is 0.145 e. The summed E-state index contributed by atoms with van der Waals surface area (Å²) in [4.78, 5) is 3.65. The van der Waals surface area contributed by atoms with Gasteiger partial charge in [0.2, 0.25) is 0 Å². The van der Waals surface area contributed by atoms with Gasteiger partial charge < -0.3 is 24.4 Å². The molecule has 0 amide bonds. The average Bonchev–Trinajstić information content (AvgIpc) is 3.09. The van der Waals surface area contributed by atoms with Crippen molar-refractivity contribution in [2.24, 2.45) is 4.99 Å². The van der Waals surface area contributed by atoms with Gasteiger partial charge >= 0.3 is 0 Å². The van der Waals surface area contributed by atoms with E-state index in [1.165, 1.54) is 0 Å². The average molecular weight is 268 g/mol. The number of nitrogens with zero attached hydrogens (tertiary/aromatic N) is 1. The van der Waals surface area contributed by atoms with E-state index in [9.17, 15) is 10.2 Å². The topological polar surface area (TPSA) is 110 Å². The van der Waals surface area contributed by atoms with Crippen LogP contribution in [0.3, 0.4) is 0 Å². The zero-order valence-corrected chi connectivity index (χ0v) is 10.7. The molecule has 3 fully saturated rings. The van der Waals surface area contributed by atoms with Gasteiger partial charge in [0.25, 0.3) is 0 Å². The maximum atomic E-state index is 11.3. The van der Waals surface area contributed by atoms with E-state index in [4.69, 9.17) is 19.6 Å². The summed E-state index contributed by atoms with van der Waals surface area (Å²) < 4.78 is 16.0. The van der Waals surface area contributed by atoms with E-state index in [0.29, 0.717) is 19.4 Å². The van der Waals surface area contributed by atoms with E-state index in [2.05, 4.69) is 4.99 Å². The van der Waals surface area contributed by atoms with Crippen LogP contribution < -0.4 is 10.2 Å². The molecular weight excluding hydrogens is 252 g/mol. The minimum Gasteiger partial charge on any atom is -0.594 e. The molecule has 7 heteroatoms. The Morgan fingerprint density at radius 2 is 1.84 bits per heavy atom. The quantitative estimate of drug-likeness (QED) is 0.515. The second-order valence-electron chi connectivity index (χ2n) is 5.38. The van der Waals surface area contributed by atoms with Gasteiger partial charge in [-0.25, -0.2) is 0 Å². The minimum atomic E-state index is -1.02. The summed E-state index contributed by atoms with van der Waals surface area (Å²) in [6.07, 6.45) is 0.788. The molecule has 7 nitrogen and oxygen atoms in total. The molecule has 106 valence electrons. The first-order chi connectivity index (χ1) is 9.00. The molecule has 1 saturated heterocycles. The van der Waals surface area contributed by atoms with Gasteiger partial charge in [-0.15, -0.1) is 0 Å². The van der Waals surface area contributed by atoms with Crippen LogP contribution >= 0.6 is 0 Å². The lowest BCUT2D eigenvalue weighted by Gasteiger charge is -2.20. The second kappa shape index (κ2) is 4.00. The van der Waals surface area contributed by atoms with E-state index < -0.39 is 23.4 Å². The van der Waals surface area contributed by atoms with Crippen molar-refractivity contribution in [3.05, 3.63) is 0 Å². The summed E-state index contributed by atoms with van der Waals surface area (Å²) in [7, 11) is 0. The Balaban J connectivity index is 1.54. The Hall–Kier alpha value is -1.50. The van der Waals surface area contributed by atoms with Gasteiger partial charge in [-0.2, -0.15) is 0 Å². The first kappa shape index (κ1) is 12.5. The minimum absolute atomic E-state index is 0.234. The fourth-order valence-electron chi connectivity index (χ4n) is 2.90. The van der Waals surface area contributed by atoms with E-state index in [1.54, 1.807) is 6.92 Å². The predicted molar refractivity (Wildman–Crippen MR) is 60.5 cm³/mol. The van der Waals surface area contributed by atoms with Crippen LogP contribution in [0.25, 0.3) is 0 Å². The van der Waals surface area contributed by atoms with E-state index >= 15 is 0 Å². The molecule has 1 N–H and O–H groups in total. The van der Waals surface area contributed by atoms with Crippen molar-refractivity contribution in [3.63, 3.8) is 0 Å². The fraction of sp³-hybridized carbons (Fsp3) is 0.833. The molecule has 0 aromatic carbocycles. The number of ether oxygens (including phenoxy) is 3. The third-order valence-corrected chi connectivity index (χ3v) is 4.07. The molecule has 3 aliphatic rings. The molecule has 4 unspecified atom stereocenters. The summed E-state index contributed by atoms with van der Waals surface area (Å²) in [5.74, 6) is 0. The standard InChI is InChI=1S/C12H18N2O5/c1-2-14-10(16)18-8-6-12(8)4-3-11(19-12)5-7(11)17-9(13)15/h7-8H,2-6H2,1H3,(H2,13,15)(H,14,16)/p-2. The molecule has 4 atom stereocenters. The van der Waals surface area contributed by atoms with Crippen LogP contribution in [0.1, 0.15) is 32.6 Å². The van der Waals surface area contributed by atoms with Crippen molar-refractivity contribution in [2.75, 3.05) is 6.54 Å². The van der Waals surface area contributed by atoms with Crippen molar-refractivity contribution in [3.8, 4) is 0 Å². The highest BCUT2D eigenvalue weighted by Crippen LogP contribution is 2.63. The first-order valence-electron chi connectivity index (χ1n) is 6.50. The van der Waals surface area contributed by atoms with Gasteiger partial charge in [-0.05, 0) is 32.6 Å².